The van der Waals surface area contributed by atoms with Crippen LogP contribution in [0.3, 0.4) is 0 Å². The largest absolute Gasteiger partial charge is 0.427 e. The lowest BCUT2D eigenvalue weighted by atomic mass is 10.1. The number of hydrogen-bond acceptors (Lipinski definition) is 4. The summed E-state index contributed by atoms with van der Waals surface area (Å²) in [4.78, 5) is 2.37. The van der Waals surface area contributed by atoms with Gasteiger partial charge in [0.25, 0.3) is 10.0 Å². The number of nitrogens with one attached hydrogen (secondary N) is 1. The van der Waals surface area contributed by atoms with Crippen molar-refractivity contribution in [3.8, 4) is 0 Å². The second-order valence-corrected chi connectivity index (χ2v) is 7.59. The number of sulfonamides is 1. The van der Waals surface area contributed by atoms with Crippen molar-refractivity contribution < 1.29 is 26.0 Å². The quantitative estimate of drug-likeness (QED) is 0.833. The molecule has 1 heterocycles. The van der Waals surface area contributed by atoms with Crippen LogP contribution in [-0.2, 0) is 16.2 Å². The number of nitrogens with zero attached hydrogens (tertiary/aromatic N) is 1. The maximum Gasteiger partial charge on any atom is 0.427 e. The van der Waals surface area contributed by atoms with Crippen molar-refractivity contribution in [1.82, 2.24) is 4.98 Å². The van der Waals surface area contributed by atoms with Crippen LogP contribution >= 0.6 is 11.3 Å². The molecule has 0 aliphatic rings. The lowest BCUT2D eigenvalue weighted by Crippen LogP contribution is -2.13. The maximum absolute atomic E-state index is 13.6. The van der Waals surface area contributed by atoms with E-state index in [-0.39, 0.29) is 33.1 Å². The smallest absolute Gasteiger partial charge is 0.255 e. The molecular formula is C13H12F4N2O2S2. The van der Waals surface area contributed by atoms with Crippen LogP contribution in [0.1, 0.15) is 21.7 Å². The highest BCUT2D eigenvalue weighted by atomic mass is 32.2. The van der Waals surface area contributed by atoms with Gasteiger partial charge < -0.3 is 0 Å². The molecule has 0 saturated carbocycles. The van der Waals surface area contributed by atoms with Gasteiger partial charge in [-0.1, -0.05) is 11.3 Å². The minimum Gasteiger partial charge on any atom is -0.255 e. The average Bonchev–Trinajstić information content (AvgIpc) is 2.75. The van der Waals surface area contributed by atoms with Crippen LogP contribution in [0.15, 0.2) is 17.0 Å². The Morgan fingerprint density at radius 2 is 1.65 bits per heavy atom. The lowest BCUT2D eigenvalue weighted by Gasteiger charge is -2.08. The molecule has 0 atom stereocenters. The van der Waals surface area contributed by atoms with Crippen LogP contribution in [0.2, 0.25) is 0 Å². The Morgan fingerprint density at radius 1 is 1.13 bits per heavy atom. The molecule has 0 unspecified atom stereocenters. The van der Waals surface area contributed by atoms with Crippen molar-refractivity contribution in [2.45, 2.75) is 31.8 Å². The van der Waals surface area contributed by atoms with Gasteiger partial charge in [-0.2, -0.15) is 13.2 Å². The van der Waals surface area contributed by atoms with Crippen LogP contribution in [0, 0.1) is 26.6 Å². The summed E-state index contributed by atoms with van der Waals surface area (Å²) in [5.74, 6) is -0.534. The monoisotopic (exact) mass is 368 g/mol. The fraction of sp³-hybridized carbons (Fsp3) is 0.308. The summed E-state index contributed by atoms with van der Waals surface area (Å²) >= 11 is 0.199. The molecule has 1 aromatic heterocycles. The first-order valence-corrected chi connectivity index (χ1v) is 8.56. The molecule has 0 aliphatic heterocycles. The number of hydrogen-bond donors (Lipinski definition) is 1. The molecule has 10 heteroatoms. The molecule has 2 aromatic rings. The summed E-state index contributed by atoms with van der Waals surface area (Å²) in [5.41, 5.74) is -0.0694. The van der Waals surface area contributed by atoms with Gasteiger partial charge in [-0.25, -0.2) is 17.8 Å². The summed E-state index contributed by atoms with van der Waals surface area (Å²) < 4.78 is 78.2. The van der Waals surface area contributed by atoms with E-state index in [1.807, 2.05) is 4.72 Å². The molecule has 4 nitrogen and oxygen atoms in total. The molecule has 0 saturated heterocycles. The lowest BCUT2D eigenvalue weighted by molar-refractivity contribution is -0.134. The first-order chi connectivity index (χ1) is 10.4. The highest BCUT2D eigenvalue weighted by Gasteiger charge is 2.36. The van der Waals surface area contributed by atoms with Crippen molar-refractivity contribution in [2.75, 3.05) is 4.72 Å². The van der Waals surface area contributed by atoms with Gasteiger partial charge in [-0.3, -0.25) is 4.72 Å². The molecular weight excluding hydrogens is 356 g/mol. The van der Waals surface area contributed by atoms with Gasteiger partial charge in [0.2, 0.25) is 0 Å². The topological polar surface area (TPSA) is 59.1 Å². The van der Waals surface area contributed by atoms with Crippen molar-refractivity contribution >= 4 is 26.5 Å². The number of thiazole rings is 1. The Bertz CT molecular complexity index is 834. The summed E-state index contributed by atoms with van der Waals surface area (Å²) in [6, 6.07) is 2.21. The first kappa shape index (κ1) is 17.7. The van der Waals surface area contributed by atoms with E-state index in [0.29, 0.717) is 0 Å². The molecule has 1 N–H and O–H groups in total. The molecule has 23 heavy (non-hydrogen) atoms. The fourth-order valence-corrected chi connectivity index (χ4v) is 4.18. The zero-order valence-corrected chi connectivity index (χ0v) is 13.9. The van der Waals surface area contributed by atoms with Gasteiger partial charge in [-0.15, -0.1) is 0 Å². The molecule has 0 bridgehead atoms. The van der Waals surface area contributed by atoms with E-state index < -0.39 is 32.0 Å². The summed E-state index contributed by atoms with van der Waals surface area (Å²) in [7, 11) is -4.16. The van der Waals surface area contributed by atoms with Crippen LogP contribution in [0.25, 0.3) is 0 Å². The number of aromatic nitrogens is 1. The van der Waals surface area contributed by atoms with E-state index in [4.69, 9.17) is 0 Å². The highest BCUT2D eigenvalue weighted by molar-refractivity contribution is 7.93. The Morgan fingerprint density at radius 3 is 2.09 bits per heavy atom. The number of aryl methyl sites for hydroxylation is 3. The summed E-state index contributed by atoms with van der Waals surface area (Å²) in [6.45, 7) is 3.94. The van der Waals surface area contributed by atoms with Crippen molar-refractivity contribution in [3.05, 3.63) is 39.6 Å². The minimum atomic E-state index is -4.60. The van der Waals surface area contributed by atoms with E-state index in [1.54, 1.807) is 0 Å². The van der Waals surface area contributed by atoms with Crippen LogP contribution in [0.5, 0.6) is 0 Å². The minimum absolute atomic E-state index is 0.122. The average molecular weight is 368 g/mol. The van der Waals surface area contributed by atoms with Crippen molar-refractivity contribution in [2.24, 2.45) is 0 Å². The predicted molar refractivity (Wildman–Crippen MR) is 78.5 cm³/mol. The van der Waals surface area contributed by atoms with Crippen molar-refractivity contribution in [1.29, 1.82) is 0 Å². The van der Waals surface area contributed by atoms with E-state index >= 15 is 0 Å². The standard InChI is InChI=1S/C13H12F4N2O2S2/c1-6-4-9(5-7(2)10(6)14)23(20,21)19-12-18-8(3)11(22-12)13(15,16)17/h4-5H,1-3H3,(H,18,19). The van der Waals surface area contributed by atoms with Gasteiger partial charge in [0.1, 0.15) is 10.7 Å². The molecule has 0 amide bonds. The van der Waals surface area contributed by atoms with Crippen LogP contribution in [0.4, 0.5) is 22.7 Å². The van der Waals surface area contributed by atoms with Gasteiger partial charge in [-0.05, 0) is 44.0 Å². The van der Waals surface area contributed by atoms with E-state index in [2.05, 4.69) is 4.98 Å². The number of anilines is 1. The normalized spacial score (nSPS) is 12.5. The zero-order chi connectivity index (χ0) is 17.6. The Labute approximate surface area is 134 Å². The van der Waals surface area contributed by atoms with E-state index in [0.717, 1.165) is 19.1 Å². The molecule has 0 spiro atoms. The maximum atomic E-state index is 13.6. The third kappa shape index (κ3) is 3.63. The molecule has 1 aromatic carbocycles. The molecule has 2 rings (SSSR count). The van der Waals surface area contributed by atoms with Gasteiger partial charge in [0, 0.05) is 0 Å². The number of halogens is 4. The second-order valence-electron chi connectivity index (χ2n) is 4.91. The second kappa shape index (κ2) is 5.75. The Kier molecular flexibility index (Phi) is 4.42. The van der Waals surface area contributed by atoms with Gasteiger partial charge in [0.05, 0.1) is 10.6 Å². The number of benzene rings is 1. The molecule has 0 radical (unpaired) electrons. The highest BCUT2D eigenvalue weighted by Crippen LogP contribution is 2.38. The fourth-order valence-electron chi connectivity index (χ4n) is 1.94. The van der Waals surface area contributed by atoms with E-state index in [9.17, 15) is 26.0 Å². The summed E-state index contributed by atoms with van der Waals surface area (Å²) in [5, 5.41) is -0.394. The SMILES string of the molecule is Cc1cc(S(=O)(=O)Nc2nc(C)c(C(F)(F)F)s2)cc(C)c1F. The van der Waals surface area contributed by atoms with Crippen LogP contribution in [-0.4, -0.2) is 13.4 Å². The van der Waals surface area contributed by atoms with Crippen molar-refractivity contribution in [3.63, 3.8) is 0 Å². The third-order valence-corrected chi connectivity index (χ3v) is 5.56. The zero-order valence-electron chi connectivity index (χ0n) is 12.2. The molecule has 0 fully saturated rings. The van der Waals surface area contributed by atoms with Crippen LogP contribution < -0.4 is 4.72 Å². The first-order valence-electron chi connectivity index (χ1n) is 6.26. The van der Waals surface area contributed by atoms with Gasteiger partial charge >= 0.3 is 6.18 Å². The summed E-state index contributed by atoms with van der Waals surface area (Å²) in [6.07, 6.45) is -4.60. The van der Waals surface area contributed by atoms with Gasteiger partial charge in [0.15, 0.2) is 5.13 Å². The molecule has 0 aliphatic carbocycles. The predicted octanol–water partition coefficient (Wildman–Crippen LogP) is 4.03. The third-order valence-electron chi connectivity index (χ3n) is 3.00. The Balaban J connectivity index is 2.40. The number of alkyl halides is 3. The number of rotatable bonds is 3. The Hall–Kier alpha value is -1.68. The molecule has 126 valence electrons. The van der Waals surface area contributed by atoms with E-state index in [1.165, 1.54) is 13.8 Å².